The number of aromatic nitrogens is 3. The first-order valence-corrected chi connectivity index (χ1v) is 7.72. The van der Waals surface area contributed by atoms with Crippen LogP contribution in [0.1, 0.15) is 22.3 Å². The predicted octanol–water partition coefficient (Wildman–Crippen LogP) is 2.85. The molecule has 3 aromatic rings. The summed E-state index contributed by atoms with van der Waals surface area (Å²) in [5.74, 6) is -0.517. The van der Waals surface area contributed by atoms with Crippen molar-refractivity contribution in [3.8, 4) is 0 Å². The number of aromatic amines is 1. The van der Waals surface area contributed by atoms with Gasteiger partial charge in [0.05, 0.1) is 5.52 Å². The van der Waals surface area contributed by atoms with E-state index in [1.54, 1.807) is 18.2 Å². The molecule has 0 aliphatic heterocycles. The molecule has 2 N–H and O–H groups in total. The minimum Gasteiger partial charge on any atom is -0.360 e. The van der Waals surface area contributed by atoms with Crippen LogP contribution in [0.25, 0.3) is 10.9 Å². The van der Waals surface area contributed by atoms with Crippen LogP contribution in [0.15, 0.2) is 29.2 Å². The maximum absolute atomic E-state index is 12.4. The van der Waals surface area contributed by atoms with Gasteiger partial charge < -0.3 is 4.98 Å². The second-order valence-electron chi connectivity index (χ2n) is 4.53. The Balaban J connectivity index is 1.95. The minimum absolute atomic E-state index is 0.0167. The van der Waals surface area contributed by atoms with Gasteiger partial charge in [0, 0.05) is 16.6 Å². The highest BCUT2D eigenvalue weighted by atomic mass is 35.5. The van der Waals surface area contributed by atoms with Gasteiger partial charge in [-0.25, -0.2) is 0 Å². The molecule has 0 saturated carbocycles. The number of hydrogen-bond donors (Lipinski definition) is 2. The summed E-state index contributed by atoms with van der Waals surface area (Å²) in [5, 5.41) is 12.5. The molecule has 1 aromatic carbocycles. The molecule has 6 nitrogen and oxygen atoms in total. The summed E-state index contributed by atoms with van der Waals surface area (Å²) in [6.45, 7) is 1.95. The van der Waals surface area contributed by atoms with Crippen LogP contribution in [0.4, 0.5) is 5.13 Å². The van der Waals surface area contributed by atoms with Gasteiger partial charge in [-0.05, 0) is 24.6 Å². The molecule has 8 heteroatoms. The number of hydrogen-bond acceptors (Lipinski definition) is 5. The normalized spacial score (nSPS) is 10.8. The smallest absolute Gasteiger partial charge is 0.262 e. The van der Waals surface area contributed by atoms with Gasteiger partial charge in [0.15, 0.2) is 0 Å². The number of aryl methyl sites for hydroxylation is 1. The molecule has 2 aromatic heterocycles. The third kappa shape index (κ3) is 2.72. The topological polar surface area (TPSA) is 87.7 Å². The molecule has 0 atom stereocenters. The van der Waals surface area contributed by atoms with Crippen LogP contribution in [-0.4, -0.2) is 21.1 Å². The number of halogens is 1. The van der Waals surface area contributed by atoms with Gasteiger partial charge in [0.2, 0.25) is 10.6 Å². The second kappa shape index (κ2) is 5.86. The van der Waals surface area contributed by atoms with Gasteiger partial charge in [-0.2, -0.15) is 0 Å². The molecule has 1 amide bonds. The minimum atomic E-state index is -0.517. The Morgan fingerprint density at radius 2 is 2.23 bits per heavy atom. The van der Waals surface area contributed by atoms with E-state index in [4.69, 9.17) is 11.6 Å². The fraction of sp³-hybridized carbons (Fsp3) is 0.143. The highest BCUT2D eigenvalue weighted by molar-refractivity contribution is 7.15. The van der Waals surface area contributed by atoms with E-state index in [2.05, 4.69) is 20.5 Å². The van der Waals surface area contributed by atoms with Crippen molar-refractivity contribution < 1.29 is 4.79 Å². The standard InChI is InChI=1S/C14H11ClN4O2S/c1-2-11-18-19-14(22-11)17-13(21)9-6-16-10-5-7(15)3-4-8(10)12(9)20/h3-6H,2H2,1H3,(H,16,20)(H,17,19,21). The number of rotatable bonds is 3. The van der Waals surface area contributed by atoms with Crippen molar-refractivity contribution in [2.45, 2.75) is 13.3 Å². The summed E-state index contributed by atoms with van der Waals surface area (Å²) in [6, 6.07) is 4.84. The van der Waals surface area contributed by atoms with Crippen LogP contribution in [0.3, 0.4) is 0 Å². The lowest BCUT2D eigenvalue weighted by Crippen LogP contribution is -2.21. The predicted molar refractivity (Wildman–Crippen MR) is 86.8 cm³/mol. The van der Waals surface area contributed by atoms with Crippen LogP contribution in [0.2, 0.25) is 5.02 Å². The Bertz CT molecular complexity index is 919. The molecule has 0 aliphatic carbocycles. The van der Waals surface area contributed by atoms with Crippen molar-refractivity contribution in [3.05, 3.63) is 50.2 Å². The van der Waals surface area contributed by atoms with Crippen LogP contribution in [0.5, 0.6) is 0 Å². The number of benzene rings is 1. The summed E-state index contributed by atoms with van der Waals surface area (Å²) >= 11 is 7.17. The van der Waals surface area contributed by atoms with E-state index < -0.39 is 5.91 Å². The molecule has 0 saturated heterocycles. The maximum Gasteiger partial charge on any atom is 0.262 e. The van der Waals surface area contributed by atoms with Crippen LogP contribution in [-0.2, 0) is 6.42 Å². The lowest BCUT2D eigenvalue weighted by atomic mass is 10.1. The SMILES string of the molecule is CCc1nnc(NC(=O)c2c[nH]c3cc(Cl)ccc3c2=O)s1. The zero-order valence-electron chi connectivity index (χ0n) is 11.5. The number of nitrogens with one attached hydrogen (secondary N) is 2. The average Bonchev–Trinajstić information content (AvgIpc) is 2.95. The summed E-state index contributed by atoms with van der Waals surface area (Å²) in [5.41, 5.74) is 0.240. The van der Waals surface area contributed by atoms with E-state index in [1.165, 1.54) is 17.5 Å². The average molecular weight is 335 g/mol. The molecule has 112 valence electrons. The molecule has 0 radical (unpaired) electrons. The summed E-state index contributed by atoms with van der Waals surface area (Å²) in [6.07, 6.45) is 2.11. The molecule has 2 heterocycles. The first-order valence-electron chi connectivity index (χ1n) is 6.53. The van der Waals surface area contributed by atoms with Crippen molar-refractivity contribution in [1.29, 1.82) is 0 Å². The third-order valence-corrected chi connectivity index (χ3v) is 4.30. The summed E-state index contributed by atoms with van der Waals surface area (Å²) in [7, 11) is 0. The van der Waals surface area contributed by atoms with Gasteiger partial charge in [-0.3, -0.25) is 14.9 Å². The van der Waals surface area contributed by atoms with Crippen molar-refractivity contribution in [2.24, 2.45) is 0 Å². The molecule has 0 unspecified atom stereocenters. The summed E-state index contributed by atoms with van der Waals surface area (Å²) < 4.78 is 0. The number of pyridine rings is 1. The number of H-pyrrole nitrogens is 1. The number of carbonyl (C=O) groups excluding carboxylic acids is 1. The number of fused-ring (bicyclic) bond motifs is 1. The van der Waals surface area contributed by atoms with Crippen molar-refractivity contribution in [3.63, 3.8) is 0 Å². The van der Waals surface area contributed by atoms with E-state index in [0.717, 1.165) is 11.4 Å². The zero-order valence-corrected chi connectivity index (χ0v) is 13.1. The number of anilines is 1. The Morgan fingerprint density at radius 3 is 2.95 bits per heavy atom. The second-order valence-corrected chi connectivity index (χ2v) is 6.03. The fourth-order valence-corrected chi connectivity index (χ4v) is 2.82. The number of nitrogens with zero attached hydrogens (tertiary/aromatic N) is 2. The van der Waals surface area contributed by atoms with E-state index in [1.807, 2.05) is 6.92 Å². The van der Waals surface area contributed by atoms with Gasteiger partial charge >= 0.3 is 0 Å². The van der Waals surface area contributed by atoms with Gasteiger partial charge in [-0.15, -0.1) is 10.2 Å². The Hall–Kier alpha value is -2.25. The first kappa shape index (κ1) is 14.7. The molecule has 3 rings (SSSR count). The largest absolute Gasteiger partial charge is 0.360 e. The molecular weight excluding hydrogens is 324 g/mol. The third-order valence-electron chi connectivity index (χ3n) is 3.08. The van der Waals surface area contributed by atoms with Crippen molar-refractivity contribution in [1.82, 2.24) is 15.2 Å². The number of carbonyl (C=O) groups is 1. The number of amides is 1. The molecule has 0 bridgehead atoms. The zero-order chi connectivity index (χ0) is 15.7. The lowest BCUT2D eigenvalue weighted by molar-refractivity contribution is 0.102. The Kier molecular flexibility index (Phi) is 3.91. The Morgan fingerprint density at radius 1 is 1.41 bits per heavy atom. The molecule has 0 aliphatic rings. The van der Waals surface area contributed by atoms with Gasteiger partial charge in [-0.1, -0.05) is 29.9 Å². The van der Waals surface area contributed by atoms with E-state index >= 15 is 0 Å². The molecule has 0 fully saturated rings. The quantitative estimate of drug-likeness (QED) is 0.771. The van der Waals surface area contributed by atoms with E-state index in [9.17, 15) is 9.59 Å². The summed E-state index contributed by atoms with van der Waals surface area (Å²) in [4.78, 5) is 27.5. The van der Waals surface area contributed by atoms with Crippen LogP contribution >= 0.6 is 22.9 Å². The molecular formula is C14H11ClN4O2S. The fourth-order valence-electron chi connectivity index (χ4n) is 1.97. The van der Waals surface area contributed by atoms with Crippen LogP contribution < -0.4 is 10.7 Å². The monoisotopic (exact) mass is 334 g/mol. The Labute approximate surface area is 134 Å². The lowest BCUT2D eigenvalue weighted by Gasteiger charge is -2.03. The van der Waals surface area contributed by atoms with E-state index in [-0.39, 0.29) is 11.0 Å². The van der Waals surface area contributed by atoms with Crippen LogP contribution in [0, 0.1) is 0 Å². The van der Waals surface area contributed by atoms with E-state index in [0.29, 0.717) is 21.1 Å². The maximum atomic E-state index is 12.4. The van der Waals surface area contributed by atoms with Gasteiger partial charge in [0.1, 0.15) is 10.6 Å². The van der Waals surface area contributed by atoms with Gasteiger partial charge in [0.25, 0.3) is 5.91 Å². The van der Waals surface area contributed by atoms with Crippen molar-refractivity contribution in [2.75, 3.05) is 5.32 Å². The first-order chi connectivity index (χ1) is 10.6. The highest BCUT2D eigenvalue weighted by Crippen LogP contribution is 2.17. The molecule has 0 spiro atoms. The van der Waals surface area contributed by atoms with Crippen molar-refractivity contribution >= 4 is 44.9 Å². The molecule has 22 heavy (non-hydrogen) atoms. The highest BCUT2D eigenvalue weighted by Gasteiger charge is 2.15.